The fraction of sp³-hybridized carbons (Fsp3) is 0.100. The van der Waals surface area contributed by atoms with Gasteiger partial charge in [-0.3, -0.25) is 4.98 Å². The van der Waals surface area contributed by atoms with Gasteiger partial charge in [0.25, 0.3) is 0 Å². The molecule has 0 bridgehead atoms. The lowest BCUT2D eigenvalue weighted by atomic mass is 10.2. The first kappa shape index (κ1) is 6.00. The van der Waals surface area contributed by atoms with E-state index >= 15 is 0 Å². The van der Waals surface area contributed by atoms with Crippen LogP contribution in [-0.4, -0.2) is 9.97 Å². The van der Waals surface area contributed by atoms with Gasteiger partial charge in [0.05, 0.1) is 5.69 Å². The topological polar surface area (TPSA) is 28.7 Å². The van der Waals surface area contributed by atoms with Crippen molar-refractivity contribution in [1.29, 1.82) is 0 Å². The van der Waals surface area contributed by atoms with Crippen LogP contribution in [0.15, 0.2) is 30.6 Å². The summed E-state index contributed by atoms with van der Waals surface area (Å²) in [5.74, 6) is 0. The largest absolute Gasteiger partial charge is 0.364 e. The highest BCUT2D eigenvalue weighted by molar-refractivity contribution is 5.73. The summed E-state index contributed by atoms with van der Waals surface area (Å²) in [6.07, 6.45) is 4.80. The summed E-state index contributed by atoms with van der Waals surface area (Å²) >= 11 is 0. The summed E-state index contributed by atoms with van der Waals surface area (Å²) < 4.78 is 0. The molecule has 12 heavy (non-hydrogen) atoms. The second kappa shape index (κ2) is 1.97. The lowest BCUT2D eigenvalue weighted by Crippen LogP contribution is -1.85. The predicted octanol–water partition coefficient (Wildman–Crippen LogP) is 1.98. The van der Waals surface area contributed by atoms with E-state index in [1.807, 2.05) is 18.5 Å². The van der Waals surface area contributed by atoms with E-state index in [1.54, 1.807) is 0 Å². The van der Waals surface area contributed by atoms with Crippen LogP contribution >= 0.6 is 0 Å². The summed E-state index contributed by atoms with van der Waals surface area (Å²) in [6.45, 7) is 0. The molecule has 2 heterocycles. The van der Waals surface area contributed by atoms with Crippen LogP contribution in [-0.2, 0) is 6.42 Å². The molecule has 2 aromatic rings. The van der Waals surface area contributed by atoms with Gasteiger partial charge in [-0.15, -0.1) is 0 Å². The molecule has 0 saturated heterocycles. The van der Waals surface area contributed by atoms with Crippen molar-refractivity contribution in [3.05, 3.63) is 42.0 Å². The SMILES string of the molecule is c1cnc2c(c1)-c1cc[nH]c1C2. The standard InChI is InChI=1S/C10H8N2/c1-2-7-8-3-5-12-10(8)6-9(7)11-4-1/h1-5,12H,6H2. The molecule has 0 saturated carbocycles. The minimum absolute atomic E-state index is 0.957. The molecule has 0 unspecified atom stereocenters. The number of aromatic nitrogens is 2. The molecule has 0 aliphatic heterocycles. The van der Waals surface area contributed by atoms with Gasteiger partial charge in [0, 0.05) is 35.6 Å². The Kier molecular flexibility index (Phi) is 0.987. The molecule has 0 amide bonds. The van der Waals surface area contributed by atoms with Crippen LogP contribution in [0.3, 0.4) is 0 Å². The maximum atomic E-state index is 4.33. The molecular weight excluding hydrogens is 148 g/mol. The monoisotopic (exact) mass is 156 g/mol. The summed E-state index contributed by atoms with van der Waals surface area (Å²) in [7, 11) is 0. The zero-order chi connectivity index (χ0) is 7.97. The Morgan fingerprint density at radius 2 is 2.25 bits per heavy atom. The van der Waals surface area contributed by atoms with E-state index in [-0.39, 0.29) is 0 Å². The van der Waals surface area contributed by atoms with E-state index in [1.165, 1.54) is 22.5 Å². The molecule has 0 radical (unpaired) electrons. The van der Waals surface area contributed by atoms with Crippen LogP contribution in [0.2, 0.25) is 0 Å². The van der Waals surface area contributed by atoms with Crippen molar-refractivity contribution in [3.63, 3.8) is 0 Å². The molecular formula is C10H8N2. The molecule has 3 rings (SSSR count). The van der Waals surface area contributed by atoms with Gasteiger partial charge in [-0.05, 0) is 12.1 Å². The highest BCUT2D eigenvalue weighted by atomic mass is 14.7. The van der Waals surface area contributed by atoms with Crippen LogP contribution in [0, 0.1) is 0 Å². The van der Waals surface area contributed by atoms with E-state index in [0.29, 0.717) is 0 Å². The van der Waals surface area contributed by atoms with Crippen LogP contribution < -0.4 is 0 Å². The van der Waals surface area contributed by atoms with Crippen LogP contribution in [0.5, 0.6) is 0 Å². The van der Waals surface area contributed by atoms with Crippen molar-refractivity contribution < 1.29 is 0 Å². The van der Waals surface area contributed by atoms with Gasteiger partial charge in [0.15, 0.2) is 0 Å². The van der Waals surface area contributed by atoms with Gasteiger partial charge in [-0.2, -0.15) is 0 Å². The molecule has 0 fully saturated rings. The highest BCUT2D eigenvalue weighted by Crippen LogP contribution is 2.33. The summed E-state index contributed by atoms with van der Waals surface area (Å²) in [5.41, 5.74) is 5.09. The first-order valence-electron chi connectivity index (χ1n) is 4.05. The molecule has 2 heteroatoms. The maximum Gasteiger partial charge on any atom is 0.0541 e. The number of fused-ring (bicyclic) bond motifs is 3. The van der Waals surface area contributed by atoms with Gasteiger partial charge in [0.1, 0.15) is 0 Å². The van der Waals surface area contributed by atoms with Crippen molar-refractivity contribution in [3.8, 4) is 11.1 Å². The Bertz CT molecular complexity index is 429. The molecule has 1 aliphatic carbocycles. The molecule has 1 N–H and O–H groups in total. The van der Waals surface area contributed by atoms with E-state index in [9.17, 15) is 0 Å². The Morgan fingerprint density at radius 3 is 3.25 bits per heavy atom. The maximum absolute atomic E-state index is 4.33. The first-order chi connectivity index (χ1) is 5.95. The Morgan fingerprint density at radius 1 is 1.25 bits per heavy atom. The van der Waals surface area contributed by atoms with E-state index in [0.717, 1.165) is 6.42 Å². The molecule has 1 aliphatic rings. The van der Waals surface area contributed by atoms with Crippen molar-refractivity contribution in [1.82, 2.24) is 9.97 Å². The minimum Gasteiger partial charge on any atom is -0.364 e. The summed E-state index contributed by atoms with van der Waals surface area (Å²) in [6, 6.07) is 6.23. The van der Waals surface area contributed by atoms with E-state index in [4.69, 9.17) is 0 Å². The number of hydrogen-bond acceptors (Lipinski definition) is 1. The molecule has 0 atom stereocenters. The smallest absolute Gasteiger partial charge is 0.0541 e. The number of rotatable bonds is 0. The quantitative estimate of drug-likeness (QED) is 0.529. The van der Waals surface area contributed by atoms with Gasteiger partial charge in [0.2, 0.25) is 0 Å². The zero-order valence-corrected chi connectivity index (χ0v) is 6.54. The summed E-state index contributed by atoms with van der Waals surface area (Å²) in [5, 5.41) is 0. The number of aromatic amines is 1. The number of nitrogens with zero attached hydrogens (tertiary/aromatic N) is 1. The minimum atomic E-state index is 0.957. The number of H-pyrrole nitrogens is 1. The average molecular weight is 156 g/mol. The lowest BCUT2D eigenvalue weighted by molar-refractivity contribution is 1.07. The summed E-state index contributed by atoms with van der Waals surface area (Å²) in [4.78, 5) is 7.55. The molecule has 58 valence electrons. The third-order valence-corrected chi connectivity index (χ3v) is 2.36. The molecule has 0 aromatic carbocycles. The van der Waals surface area contributed by atoms with E-state index < -0.39 is 0 Å². The van der Waals surface area contributed by atoms with Gasteiger partial charge < -0.3 is 4.98 Å². The van der Waals surface area contributed by atoms with Crippen LogP contribution in [0.4, 0.5) is 0 Å². The third-order valence-electron chi connectivity index (χ3n) is 2.36. The Labute approximate surface area is 70.3 Å². The second-order valence-electron chi connectivity index (χ2n) is 3.04. The molecule has 2 aromatic heterocycles. The molecule has 0 spiro atoms. The molecule has 2 nitrogen and oxygen atoms in total. The number of hydrogen-bond donors (Lipinski definition) is 1. The van der Waals surface area contributed by atoms with Crippen molar-refractivity contribution >= 4 is 0 Å². The fourth-order valence-electron chi connectivity index (χ4n) is 1.79. The van der Waals surface area contributed by atoms with Crippen LogP contribution in [0.1, 0.15) is 11.4 Å². The second-order valence-corrected chi connectivity index (χ2v) is 3.04. The normalized spacial score (nSPS) is 12.7. The van der Waals surface area contributed by atoms with Crippen LogP contribution in [0.25, 0.3) is 11.1 Å². The fourth-order valence-corrected chi connectivity index (χ4v) is 1.79. The number of nitrogens with one attached hydrogen (secondary N) is 1. The number of pyridine rings is 1. The van der Waals surface area contributed by atoms with Gasteiger partial charge >= 0.3 is 0 Å². The zero-order valence-electron chi connectivity index (χ0n) is 6.54. The Balaban J connectivity index is 2.34. The average Bonchev–Trinajstić information content (AvgIpc) is 2.62. The van der Waals surface area contributed by atoms with E-state index in [2.05, 4.69) is 22.1 Å². The predicted molar refractivity (Wildman–Crippen MR) is 46.8 cm³/mol. The third kappa shape index (κ3) is 0.619. The van der Waals surface area contributed by atoms with Crippen molar-refractivity contribution in [2.75, 3.05) is 0 Å². The van der Waals surface area contributed by atoms with Crippen molar-refractivity contribution in [2.45, 2.75) is 6.42 Å². The first-order valence-corrected chi connectivity index (χ1v) is 4.05. The van der Waals surface area contributed by atoms with Gasteiger partial charge in [-0.25, -0.2) is 0 Å². The Hall–Kier alpha value is -1.57. The highest BCUT2D eigenvalue weighted by Gasteiger charge is 2.18. The van der Waals surface area contributed by atoms with Crippen molar-refractivity contribution in [2.24, 2.45) is 0 Å². The lowest BCUT2D eigenvalue weighted by Gasteiger charge is -1.94. The van der Waals surface area contributed by atoms with Gasteiger partial charge in [-0.1, -0.05) is 6.07 Å².